The van der Waals surface area contributed by atoms with Crippen molar-refractivity contribution in [3.63, 3.8) is 0 Å². The Labute approximate surface area is 120 Å². The number of hydrogen-bond acceptors (Lipinski definition) is 4. The van der Waals surface area contributed by atoms with E-state index in [4.69, 9.17) is 5.26 Å². The Bertz CT molecular complexity index is 447. The molecular formula is C15H21N3S. The maximum absolute atomic E-state index is 8.84. The first-order valence-electron chi connectivity index (χ1n) is 6.80. The highest BCUT2D eigenvalue weighted by Crippen LogP contribution is 2.10. The molecule has 0 amide bonds. The zero-order valence-electron chi connectivity index (χ0n) is 11.5. The van der Waals surface area contributed by atoms with Crippen LogP contribution in [0, 0.1) is 18.3 Å². The minimum atomic E-state index is 0.743. The Hall–Kier alpha value is -1.02. The Morgan fingerprint density at radius 1 is 1.37 bits per heavy atom. The van der Waals surface area contributed by atoms with Gasteiger partial charge in [-0.05, 0) is 30.2 Å². The van der Waals surface area contributed by atoms with Crippen LogP contribution in [-0.4, -0.2) is 42.6 Å². The summed E-state index contributed by atoms with van der Waals surface area (Å²) in [6.07, 6.45) is 0. The van der Waals surface area contributed by atoms with Crippen LogP contribution in [0.5, 0.6) is 0 Å². The molecule has 0 radical (unpaired) electrons. The number of nitrogens with zero attached hydrogens (tertiary/aromatic N) is 2. The van der Waals surface area contributed by atoms with E-state index in [-0.39, 0.29) is 0 Å². The van der Waals surface area contributed by atoms with E-state index >= 15 is 0 Å². The second-order valence-electron chi connectivity index (χ2n) is 4.88. The smallest absolute Gasteiger partial charge is 0.0991 e. The van der Waals surface area contributed by atoms with Gasteiger partial charge in [-0.15, -0.1) is 0 Å². The van der Waals surface area contributed by atoms with Gasteiger partial charge in [0.05, 0.1) is 11.6 Å². The van der Waals surface area contributed by atoms with Gasteiger partial charge in [-0.2, -0.15) is 17.0 Å². The van der Waals surface area contributed by atoms with Crippen molar-refractivity contribution in [3.05, 3.63) is 34.9 Å². The molecule has 3 nitrogen and oxygen atoms in total. The third kappa shape index (κ3) is 4.54. The third-order valence-electron chi connectivity index (χ3n) is 3.50. The molecule has 2 rings (SSSR count). The van der Waals surface area contributed by atoms with E-state index in [0.29, 0.717) is 0 Å². The molecule has 4 heteroatoms. The fourth-order valence-electron chi connectivity index (χ4n) is 2.25. The molecule has 1 aliphatic rings. The number of aryl methyl sites for hydroxylation is 1. The van der Waals surface area contributed by atoms with Gasteiger partial charge in [0.1, 0.15) is 0 Å². The normalized spacial score (nSPS) is 16.2. The predicted molar refractivity (Wildman–Crippen MR) is 81.4 cm³/mol. The van der Waals surface area contributed by atoms with Gasteiger partial charge in [0.15, 0.2) is 0 Å². The molecule has 0 aliphatic carbocycles. The first-order valence-corrected chi connectivity index (χ1v) is 7.95. The number of rotatable bonds is 5. The first-order chi connectivity index (χ1) is 9.29. The van der Waals surface area contributed by atoms with E-state index in [1.54, 1.807) is 0 Å². The van der Waals surface area contributed by atoms with Gasteiger partial charge in [0.25, 0.3) is 0 Å². The largest absolute Gasteiger partial charge is 0.311 e. The van der Waals surface area contributed by atoms with E-state index < -0.39 is 0 Å². The predicted octanol–water partition coefficient (Wildman–Crippen LogP) is 2.01. The van der Waals surface area contributed by atoms with Crippen LogP contribution in [0.2, 0.25) is 0 Å². The van der Waals surface area contributed by atoms with Crippen molar-refractivity contribution in [1.29, 1.82) is 5.26 Å². The molecule has 0 saturated carbocycles. The van der Waals surface area contributed by atoms with Crippen LogP contribution in [0.4, 0.5) is 0 Å². The lowest BCUT2D eigenvalue weighted by Gasteiger charge is -2.26. The van der Waals surface area contributed by atoms with Gasteiger partial charge in [-0.25, -0.2) is 0 Å². The van der Waals surface area contributed by atoms with Gasteiger partial charge < -0.3 is 10.2 Å². The summed E-state index contributed by atoms with van der Waals surface area (Å²) in [5.74, 6) is 2.55. The maximum Gasteiger partial charge on any atom is 0.0991 e. The van der Waals surface area contributed by atoms with E-state index in [0.717, 1.165) is 25.2 Å². The summed E-state index contributed by atoms with van der Waals surface area (Å²) in [6.45, 7) is 7.57. The summed E-state index contributed by atoms with van der Waals surface area (Å²) >= 11 is 2.05. The summed E-state index contributed by atoms with van der Waals surface area (Å²) in [5, 5.41) is 12.3. The van der Waals surface area contributed by atoms with E-state index in [1.807, 2.05) is 12.1 Å². The topological polar surface area (TPSA) is 39.1 Å². The average molecular weight is 275 g/mol. The zero-order valence-corrected chi connectivity index (χ0v) is 12.3. The lowest BCUT2D eigenvalue weighted by Crippen LogP contribution is -2.37. The van der Waals surface area contributed by atoms with Crippen LogP contribution >= 0.6 is 11.8 Å². The lowest BCUT2D eigenvalue weighted by molar-refractivity contribution is 0.301. The highest BCUT2D eigenvalue weighted by Gasteiger charge is 2.09. The summed E-state index contributed by atoms with van der Waals surface area (Å²) < 4.78 is 0. The van der Waals surface area contributed by atoms with Crippen molar-refractivity contribution in [2.24, 2.45) is 0 Å². The molecule has 19 heavy (non-hydrogen) atoms. The minimum absolute atomic E-state index is 0.743. The zero-order chi connectivity index (χ0) is 13.5. The van der Waals surface area contributed by atoms with E-state index in [2.05, 4.69) is 41.0 Å². The summed E-state index contributed by atoms with van der Waals surface area (Å²) in [4.78, 5) is 2.52. The van der Waals surface area contributed by atoms with Crippen molar-refractivity contribution >= 4 is 11.8 Å². The summed E-state index contributed by atoms with van der Waals surface area (Å²) in [6, 6.07) is 8.08. The summed E-state index contributed by atoms with van der Waals surface area (Å²) in [7, 11) is 0. The molecule has 1 heterocycles. The van der Waals surface area contributed by atoms with Crippen molar-refractivity contribution in [2.45, 2.75) is 13.5 Å². The molecule has 1 aromatic rings. The fraction of sp³-hybridized carbons (Fsp3) is 0.533. The maximum atomic E-state index is 8.84. The first kappa shape index (κ1) is 14.4. The molecule has 0 aromatic heterocycles. The highest BCUT2D eigenvalue weighted by molar-refractivity contribution is 7.99. The number of hydrogen-bond donors (Lipinski definition) is 1. The van der Waals surface area contributed by atoms with Crippen LogP contribution in [0.15, 0.2) is 18.2 Å². The van der Waals surface area contributed by atoms with Crippen molar-refractivity contribution < 1.29 is 0 Å². The minimum Gasteiger partial charge on any atom is -0.311 e. The standard InChI is InChI=1S/C15H21N3S/c1-13-10-14(11-16)2-3-15(13)12-17-4-5-18-6-8-19-9-7-18/h2-3,10,17H,4-9,12H2,1H3. The number of nitrogens with one attached hydrogen (secondary N) is 1. The third-order valence-corrected chi connectivity index (χ3v) is 4.44. The van der Waals surface area contributed by atoms with E-state index in [9.17, 15) is 0 Å². The molecule has 1 N–H and O–H groups in total. The fourth-order valence-corrected chi connectivity index (χ4v) is 3.23. The Morgan fingerprint density at radius 3 is 2.84 bits per heavy atom. The Morgan fingerprint density at radius 2 is 2.16 bits per heavy atom. The second-order valence-corrected chi connectivity index (χ2v) is 6.11. The van der Waals surface area contributed by atoms with Gasteiger partial charge in [-0.1, -0.05) is 6.07 Å². The SMILES string of the molecule is Cc1cc(C#N)ccc1CNCCN1CCSCC1. The van der Waals surface area contributed by atoms with Gasteiger partial charge in [0, 0.05) is 44.2 Å². The number of thioether (sulfide) groups is 1. The van der Waals surface area contributed by atoms with Crippen LogP contribution < -0.4 is 5.32 Å². The molecule has 102 valence electrons. The number of nitriles is 1. The Balaban J connectivity index is 1.72. The van der Waals surface area contributed by atoms with Crippen LogP contribution in [0.1, 0.15) is 16.7 Å². The average Bonchev–Trinajstić information content (AvgIpc) is 2.46. The van der Waals surface area contributed by atoms with Crippen molar-refractivity contribution in [1.82, 2.24) is 10.2 Å². The molecular weight excluding hydrogens is 254 g/mol. The van der Waals surface area contributed by atoms with Crippen LogP contribution in [0.3, 0.4) is 0 Å². The van der Waals surface area contributed by atoms with Crippen molar-refractivity contribution in [3.8, 4) is 6.07 Å². The molecule has 0 unspecified atom stereocenters. The molecule has 1 fully saturated rings. The summed E-state index contributed by atoms with van der Waals surface area (Å²) in [5.41, 5.74) is 3.22. The highest BCUT2D eigenvalue weighted by atomic mass is 32.2. The molecule has 0 spiro atoms. The molecule has 0 atom stereocenters. The molecule has 0 bridgehead atoms. The van der Waals surface area contributed by atoms with E-state index in [1.165, 1.54) is 35.7 Å². The number of benzene rings is 1. The van der Waals surface area contributed by atoms with Crippen LogP contribution in [-0.2, 0) is 6.54 Å². The quantitative estimate of drug-likeness (QED) is 0.834. The Kier molecular flexibility index (Phi) is 5.71. The molecule has 1 saturated heterocycles. The molecule has 1 aromatic carbocycles. The van der Waals surface area contributed by atoms with Gasteiger partial charge >= 0.3 is 0 Å². The second kappa shape index (κ2) is 7.54. The molecule has 1 aliphatic heterocycles. The monoisotopic (exact) mass is 275 g/mol. The van der Waals surface area contributed by atoms with Crippen molar-refractivity contribution in [2.75, 3.05) is 37.7 Å². The van der Waals surface area contributed by atoms with Gasteiger partial charge in [0.2, 0.25) is 0 Å². The van der Waals surface area contributed by atoms with Gasteiger partial charge in [-0.3, -0.25) is 0 Å². The van der Waals surface area contributed by atoms with Crippen LogP contribution in [0.25, 0.3) is 0 Å². The lowest BCUT2D eigenvalue weighted by atomic mass is 10.1.